The Balaban J connectivity index is 1.73. The van der Waals surface area contributed by atoms with Crippen molar-refractivity contribution in [3.63, 3.8) is 0 Å². The fourth-order valence-electron chi connectivity index (χ4n) is 3.89. The Morgan fingerprint density at radius 2 is 1.71 bits per heavy atom. The van der Waals surface area contributed by atoms with Crippen LogP contribution in [-0.2, 0) is 0 Å². The molecule has 2 aromatic carbocycles. The number of hydrogen-bond acceptors (Lipinski definition) is 6. The summed E-state index contributed by atoms with van der Waals surface area (Å²) in [5.41, 5.74) is 12.6. The SMILES string of the molecule is Cc1cc(C)c(C2N=C(N)Nc3nc4cc5c(cc4n32)OCCCO5)cc1C. The van der Waals surface area contributed by atoms with E-state index in [-0.39, 0.29) is 6.17 Å². The van der Waals surface area contributed by atoms with Crippen molar-refractivity contribution in [3.05, 3.63) is 46.5 Å². The van der Waals surface area contributed by atoms with E-state index in [4.69, 9.17) is 25.2 Å². The van der Waals surface area contributed by atoms with Gasteiger partial charge in [-0.2, -0.15) is 0 Å². The monoisotopic (exact) mass is 377 g/mol. The van der Waals surface area contributed by atoms with Crippen LogP contribution in [0, 0.1) is 20.8 Å². The maximum atomic E-state index is 6.10. The molecule has 0 amide bonds. The molecule has 0 bridgehead atoms. The maximum absolute atomic E-state index is 6.10. The number of benzene rings is 2. The number of ether oxygens (including phenoxy) is 2. The molecule has 3 N–H and O–H groups in total. The van der Waals surface area contributed by atoms with E-state index in [1.54, 1.807) is 0 Å². The zero-order valence-corrected chi connectivity index (χ0v) is 16.2. The standard InChI is InChI=1S/C21H23N5O2/c1-11-7-13(3)14(8-12(11)2)19-24-20(22)25-21-23-15-9-17-18(10-16(15)26(19)21)28-6-4-5-27-17/h7-10,19H,4-6H2,1-3H3,(H3,22,23,24,25). The maximum Gasteiger partial charge on any atom is 0.212 e. The fourth-order valence-corrected chi connectivity index (χ4v) is 3.89. The molecular weight excluding hydrogens is 354 g/mol. The van der Waals surface area contributed by atoms with Crippen LogP contribution < -0.4 is 20.5 Å². The topological polar surface area (TPSA) is 86.7 Å². The summed E-state index contributed by atoms with van der Waals surface area (Å²) >= 11 is 0. The third-order valence-corrected chi connectivity index (χ3v) is 5.47. The van der Waals surface area contributed by atoms with Crippen molar-refractivity contribution < 1.29 is 9.47 Å². The van der Waals surface area contributed by atoms with Crippen molar-refractivity contribution in [2.24, 2.45) is 10.7 Å². The summed E-state index contributed by atoms with van der Waals surface area (Å²) in [5.74, 6) is 2.50. The smallest absolute Gasteiger partial charge is 0.212 e. The highest BCUT2D eigenvalue weighted by Crippen LogP contribution is 2.39. The molecule has 0 spiro atoms. The first-order chi connectivity index (χ1) is 13.5. The molecule has 1 unspecified atom stereocenters. The zero-order chi connectivity index (χ0) is 19.4. The molecule has 0 fully saturated rings. The average Bonchev–Trinajstić information content (AvgIpc) is 2.83. The Morgan fingerprint density at radius 3 is 2.50 bits per heavy atom. The number of hydrogen-bond donors (Lipinski definition) is 2. The number of fused-ring (bicyclic) bond motifs is 4. The van der Waals surface area contributed by atoms with Gasteiger partial charge in [0.05, 0.1) is 24.2 Å². The zero-order valence-electron chi connectivity index (χ0n) is 16.2. The van der Waals surface area contributed by atoms with Gasteiger partial charge in [-0.1, -0.05) is 12.1 Å². The summed E-state index contributed by atoms with van der Waals surface area (Å²) in [5, 5.41) is 3.10. The molecule has 2 aliphatic heterocycles. The van der Waals surface area contributed by atoms with Crippen LogP contribution in [0.3, 0.4) is 0 Å². The average molecular weight is 377 g/mol. The Hall–Kier alpha value is -3.22. The Kier molecular flexibility index (Phi) is 3.72. The van der Waals surface area contributed by atoms with Crippen LogP contribution in [0.15, 0.2) is 29.3 Å². The second-order valence-corrected chi connectivity index (χ2v) is 7.45. The van der Waals surface area contributed by atoms with Gasteiger partial charge in [0.25, 0.3) is 0 Å². The van der Waals surface area contributed by atoms with Gasteiger partial charge in [-0.3, -0.25) is 9.88 Å². The van der Waals surface area contributed by atoms with Gasteiger partial charge in [0, 0.05) is 24.1 Å². The number of nitrogens with one attached hydrogen (secondary N) is 1. The van der Waals surface area contributed by atoms with E-state index in [1.807, 2.05) is 12.1 Å². The van der Waals surface area contributed by atoms with Crippen LogP contribution in [0.2, 0.25) is 0 Å². The summed E-state index contributed by atoms with van der Waals surface area (Å²) in [6, 6.07) is 8.31. The molecule has 2 aliphatic rings. The molecule has 1 aromatic heterocycles. The summed E-state index contributed by atoms with van der Waals surface area (Å²) in [6.45, 7) is 7.63. The summed E-state index contributed by atoms with van der Waals surface area (Å²) in [7, 11) is 0. The van der Waals surface area contributed by atoms with Crippen molar-refractivity contribution in [2.75, 3.05) is 18.5 Å². The number of nitrogens with zero attached hydrogens (tertiary/aromatic N) is 3. The highest BCUT2D eigenvalue weighted by molar-refractivity contribution is 5.95. The van der Waals surface area contributed by atoms with E-state index in [0.29, 0.717) is 25.1 Å². The third-order valence-electron chi connectivity index (χ3n) is 5.47. The number of imidazole rings is 1. The molecule has 3 aromatic rings. The molecule has 5 rings (SSSR count). The highest BCUT2D eigenvalue weighted by Gasteiger charge is 2.28. The number of nitrogens with two attached hydrogens (primary N) is 1. The number of anilines is 1. The van der Waals surface area contributed by atoms with Crippen LogP contribution in [0.4, 0.5) is 5.95 Å². The first-order valence-electron chi connectivity index (χ1n) is 9.51. The van der Waals surface area contributed by atoms with Crippen molar-refractivity contribution in [1.82, 2.24) is 9.55 Å². The fraction of sp³-hybridized carbons (Fsp3) is 0.333. The summed E-state index contributed by atoms with van der Waals surface area (Å²) in [6.07, 6.45) is 0.579. The van der Waals surface area contributed by atoms with E-state index in [0.717, 1.165) is 34.5 Å². The predicted octanol–water partition coefficient (Wildman–Crippen LogP) is 3.41. The number of guanidine groups is 1. The second-order valence-electron chi connectivity index (χ2n) is 7.45. The number of rotatable bonds is 1. The largest absolute Gasteiger partial charge is 0.489 e. The molecule has 0 radical (unpaired) electrons. The normalized spacial score (nSPS) is 18.2. The van der Waals surface area contributed by atoms with Gasteiger partial charge in [0.2, 0.25) is 5.95 Å². The number of aryl methyl sites for hydroxylation is 3. The van der Waals surface area contributed by atoms with Crippen LogP contribution in [-0.4, -0.2) is 28.7 Å². The lowest BCUT2D eigenvalue weighted by Crippen LogP contribution is -2.31. The first-order valence-corrected chi connectivity index (χ1v) is 9.51. The molecule has 3 heterocycles. The molecule has 7 heteroatoms. The van der Waals surface area contributed by atoms with Crippen molar-refractivity contribution >= 4 is 22.9 Å². The van der Waals surface area contributed by atoms with Crippen LogP contribution >= 0.6 is 0 Å². The lowest BCUT2D eigenvalue weighted by molar-refractivity contribution is 0.297. The van der Waals surface area contributed by atoms with Crippen LogP contribution in [0.25, 0.3) is 11.0 Å². The number of aromatic nitrogens is 2. The van der Waals surface area contributed by atoms with Crippen LogP contribution in [0.5, 0.6) is 11.5 Å². The quantitative estimate of drug-likeness (QED) is 0.679. The van der Waals surface area contributed by atoms with E-state index in [1.165, 1.54) is 16.7 Å². The van der Waals surface area contributed by atoms with E-state index in [2.05, 4.69) is 42.8 Å². The Labute approximate surface area is 163 Å². The minimum atomic E-state index is -0.287. The Bertz CT molecular complexity index is 1130. The Morgan fingerprint density at radius 1 is 1.00 bits per heavy atom. The predicted molar refractivity (Wildman–Crippen MR) is 109 cm³/mol. The highest BCUT2D eigenvalue weighted by atomic mass is 16.5. The minimum absolute atomic E-state index is 0.287. The molecule has 28 heavy (non-hydrogen) atoms. The third kappa shape index (κ3) is 2.58. The second kappa shape index (κ2) is 6.15. The van der Waals surface area contributed by atoms with Crippen molar-refractivity contribution in [1.29, 1.82) is 0 Å². The molecule has 0 saturated carbocycles. The summed E-state index contributed by atoms with van der Waals surface area (Å²) < 4.78 is 13.8. The van der Waals surface area contributed by atoms with E-state index in [9.17, 15) is 0 Å². The molecular formula is C21H23N5O2. The molecule has 0 saturated heterocycles. The van der Waals surface area contributed by atoms with E-state index >= 15 is 0 Å². The summed E-state index contributed by atoms with van der Waals surface area (Å²) in [4.78, 5) is 9.46. The lowest BCUT2D eigenvalue weighted by atomic mass is 9.98. The molecule has 1 atom stereocenters. The first kappa shape index (κ1) is 16.9. The van der Waals surface area contributed by atoms with Gasteiger partial charge < -0.3 is 15.2 Å². The number of aliphatic imine (C=N–C) groups is 1. The van der Waals surface area contributed by atoms with Gasteiger partial charge in [0.1, 0.15) is 0 Å². The van der Waals surface area contributed by atoms with Gasteiger partial charge >= 0.3 is 0 Å². The van der Waals surface area contributed by atoms with Crippen LogP contribution in [0.1, 0.15) is 34.8 Å². The van der Waals surface area contributed by atoms with E-state index < -0.39 is 0 Å². The van der Waals surface area contributed by atoms with Crippen molar-refractivity contribution in [3.8, 4) is 11.5 Å². The minimum Gasteiger partial charge on any atom is -0.489 e. The molecule has 7 nitrogen and oxygen atoms in total. The van der Waals surface area contributed by atoms with Gasteiger partial charge in [-0.15, -0.1) is 0 Å². The van der Waals surface area contributed by atoms with Gasteiger partial charge in [-0.05, 0) is 37.5 Å². The lowest BCUT2D eigenvalue weighted by Gasteiger charge is -2.25. The van der Waals surface area contributed by atoms with Gasteiger partial charge in [-0.25, -0.2) is 9.98 Å². The molecule has 0 aliphatic carbocycles. The van der Waals surface area contributed by atoms with Gasteiger partial charge in [0.15, 0.2) is 23.6 Å². The van der Waals surface area contributed by atoms with Crippen molar-refractivity contribution in [2.45, 2.75) is 33.4 Å². The molecule has 144 valence electrons.